The first-order valence-electron chi connectivity index (χ1n) is 3.64. The van der Waals surface area contributed by atoms with Gasteiger partial charge in [0, 0.05) is 18.8 Å². The Kier molecular flexibility index (Phi) is 3.80. The van der Waals surface area contributed by atoms with Crippen LogP contribution in [0.25, 0.3) is 0 Å². The van der Waals surface area contributed by atoms with Crippen LogP contribution >= 0.6 is 34.8 Å². The van der Waals surface area contributed by atoms with Crippen LogP contribution in [0.5, 0.6) is 0 Å². The average Bonchev–Trinajstić information content (AvgIpc) is 2.04. The van der Waals surface area contributed by atoms with Crippen molar-refractivity contribution in [3.63, 3.8) is 0 Å². The maximum Gasteiger partial charge on any atom is 0.216 e. The maximum absolute atomic E-state index is 9.42. The molecule has 0 saturated heterocycles. The van der Waals surface area contributed by atoms with Gasteiger partial charge in [0.2, 0.25) is 3.79 Å². The molecule has 0 spiro atoms. The van der Waals surface area contributed by atoms with E-state index in [0.717, 1.165) is 5.56 Å². The summed E-state index contributed by atoms with van der Waals surface area (Å²) in [7, 11) is 0. The number of nitrogens with zero attached hydrogens (tertiary/aromatic N) is 1. The topological polar surface area (TPSA) is 33.1 Å². The highest BCUT2D eigenvalue weighted by molar-refractivity contribution is 6.68. The molecule has 0 fully saturated rings. The number of hydrogen-bond acceptors (Lipinski definition) is 2. The molecule has 1 N–H and O–H groups in total. The van der Waals surface area contributed by atoms with Crippen molar-refractivity contribution in [3.8, 4) is 0 Å². The quantitative estimate of drug-likeness (QED) is 0.805. The van der Waals surface area contributed by atoms with Crippen LogP contribution in [0.2, 0.25) is 0 Å². The highest BCUT2D eigenvalue weighted by atomic mass is 35.6. The van der Waals surface area contributed by atoms with Crippen molar-refractivity contribution in [2.75, 3.05) is 0 Å². The molecule has 0 aliphatic rings. The van der Waals surface area contributed by atoms with Crippen molar-refractivity contribution in [3.05, 3.63) is 30.1 Å². The minimum Gasteiger partial charge on any atom is -0.388 e. The molecule has 0 unspecified atom stereocenters. The zero-order valence-electron chi connectivity index (χ0n) is 6.62. The normalized spacial score (nSPS) is 14.2. The van der Waals surface area contributed by atoms with Crippen LogP contribution in [0.4, 0.5) is 0 Å². The second-order valence-electron chi connectivity index (χ2n) is 2.62. The lowest BCUT2D eigenvalue weighted by atomic mass is 10.1. The molecule has 1 aromatic heterocycles. The number of rotatable bonds is 2. The van der Waals surface area contributed by atoms with Crippen LogP contribution in [0.3, 0.4) is 0 Å². The van der Waals surface area contributed by atoms with E-state index in [1.807, 2.05) is 6.07 Å². The number of hydrogen-bond donors (Lipinski definition) is 1. The zero-order chi connectivity index (χ0) is 9.90. The minimum atomic E-state index is -1.64. The summed E-state index contributed by atoms with van der Waals surface area (Å²) in [4.78, 5) is 3.88. The molecule has 0 bridgehead atoms. The predicted molar refractivity (Wildman–Crippen MR) is 54.2 cm³/mol. The van der Waals surface area contributed by atoms with Crippen molar-refractivity contribution >= 4 is 34.8 Å². The van der Waals surface area contributed by atoms with Gasteiger partial charge in [-0.15, -0.1) is 0 Å². The summed E-state index contributed by atoms with van der Waals surface area (Å²) in [5.74, 6) is 0. The third-order valence-corrected chi connectivity index (χ3v) is 2.29. The van der Waals surface area contributed by atoms with Gasteiger partial charge in [-0.25, -0.2) is 0 Å². The van der Waals surface area contributed by atoms with E-state index < -0.39 is 9.90 Å². The Morgan fingerprint density at radius 1 is 1.46 bits per heavy atom. The van der Waals surface area contributed by atoms with E-state index in [-0.39, 0.29) is 6.42 Å². The van der Waals surface area contributed by atoms with Crippen LogP contribution in [0.1, 0.15) is 5.56 Å². The van der Waals surface area contributed by atoms with Crippen molar-refractivity contribution < 1.29 is 5.11 Å². The molecule has 5 heteroatoms. The van der Waals surface area contributed by atoms with E-state index in [1.165, 1.54) is 0 Å². The number of halogens is 3. The van der Waals surface area contributed by atoms with Crippen molar-refractivity contribution in [1.82, 2.24) is 4.98 Å². The molecule has 0 radical (unpaired) electrons. The molecule has 0 amide bonds. The van der Waals surface area contributed by atoms with Gasteiger partial charge in [-0.1, -0.05) is 40.9 Å². The van der Waals surface area contributed by atoms with Crippen LogP contribution in [-0.4, -0.2) is 20.0 Å². The molecule has 1 aromatic rings. The van der Waals surface area contributed by atoms with E-state index in [4.69, 9.17) is 34.8 Å². The zero-order valence-corrected chi connectivity index (χ0v) is 8.89. The van der Waals surface area contributed by atoms with E-state index in [1.54, 1.807) is 18.5 Å². The number of pyridine rings is 1. The van der Waals surface area contributed by atoms with Gasteiger partial charge in [-0.05, 0) is 11.6 Å². The summed E-state index contributed by atoms with van der Waals surface area (Å²) in [5, 5.41) is 9.42. The van der Waals surface area contributed by atoms with Crippen LogP contribution in [0, 0.1) is 0 Å². The molecular weight excluding hydrogens is 232 g/mol. The van der Waals surface area contributed by atoms with E-state index in [2.05, 4.69) is 4.98 Å². The first-order chi connectivity index (χ1) is 6.00. The lowest BCUT2D eigenvalue weighted by Crippen LogP contribution is -2.27. The van der Waals surface area contributed by atoms with Gasteiger partial charge in [-0.3, -0.25) is 4.98 Å². The molecule has 1 heterocycles. The Labute approximate surface area is 91.4 Å². The Morgan fingerprint density at radius 2 is 2.15 bits per heavy atom. The smallest absolute Gasteiger partial charge is 0.216 e. The van der Waals surface area contributed by atoms with Gasteiger partial charge in [0.1, 0.15) is 6.10 Å². The number of aromatic nitrogens is 1. The Bertz CT molecular complexity index is 260. The van der Waals surface area contributed by atoms with Gasteiger partial charge in [0.05, 0.1) is 0 Å². The number of aliphatic hydroxyl groups excluding tert-OH is 1. The molecular formula is C8H8Cl3NO. The molecule has 0 saturated carbocycles. The maximum atomic E-state index is 9.42. The fourth-order valence-corrected chi connectivity index (χ4v) is 1.09. The van der Waals surface area contributed by atoms with Gasteiger partial charge in [0.15, 0.2) is 0 Å². The molecule has 0 aromatic carbocycles. The molecule has 1 rings (SSSR count). The van der Waals surface area contributed by atoms with E-state index >= 15 is 0 Å². The summed E-state index contributed by atoms with van der Waals surface area (Å²) < 4.78 is -1.64. The molecule has 0 aliphatic carbocycles. The summed E-state index contributed by atoms with van der Waals surface area (Å²) in [6.07, 6.45) is 2.54. The SMILES string of the molecule is O[C@H](Cc1cccnc1)C(Cl)(Cl)Cl. The lowest BCUT2D eigenvalue weighted by Gasteiger charge is -2.18. The molecule has 2 nitrogen and oxygen atoms in total. The summed E-state index contributed by atoms with van der Waals surface area (Å²) >= 11 is 16.5. The number of aliphatic hydroxyl groups is 1. The largest absolute Gasteiger partial charge is 0.388 e. The average molecular weight is 241 g/mol. The van der Waals surface area contributed by atoms with Crippen molar-refractivity contribution in [2.24, 2.45) is 0 Å². The predicted octanol–water partition coefficient (Wildman–Crippen LogP) is 2.36. The lowest BCUT2D eigenvalue weighted by molar-refractivity contribution is 0.179. The highest BCUT2D eigenvalue weighted by Crippen LogP contribution is 2.31. The standard InChI is InChI=1S/C8H8Cl3NO/c9-8(10,11)7(13)4-6-2-1-3-12-5-6/h1-3,5,7,13H,4H2/t7-/m1/s1. The Hall–Kier alpha value is -0.0200. The van der Waals surface area contributed by atoms with Gasteiger partial charge < -0.3 is 5.11 Å². The summed E-state index contributed by atoms with van der Waals surface area (Å²) in [6.45, 7) is 0. The van der Waals surface area contributed by atoms with Crippen molar-refractivity contribution in [2.45, 2.75) is 16.3 Å². The van der Waals surface area contributed by atoms with Crippen LogP contribution in [0.15, 0.2) is 24.5 Å². The molecule has 0 aliphatic heterocycles. The molecule has 13 heavy (non-hydrogen) atoms. The summed E-state index contributed by atoms with van der Waals surface area (Å²) in [6, 6.07) is 3.58. The fraction of sp³-hybridized carbons (Fsp3) is 0.375. The van der Waals surface area contributed by atoms with Gasteiger partial charge in [-0.2, -0.15) is 0 Å². The first kappa shape index (κ1) is 11.1. The van der Waals surface area contributed by atoms with Gasteiger partial charge in [0.25, 0.3) is 0 Å². The second-order valence-corrected chi connectivity index (χ2v) is 4.99. The third-order valence-electron chi connectivity index (χ3n) is 1.53. The van der Waals surface area contributed by atoms with Gasteiger partial charge >= 0.3 is 0 Å². The Balaban J connectivity index is 2.61. The van der Waals surface area contributed by atoms with E-state index in [9.17, 15) is 5.11 Å². The molecule has 72 valence electrons. The minimum absolute atomic E-state index is 0.282. The van der Waals surface area contributed by atoms with Crippen LogP contribution in [-0.2, 0) is 6.42 Å². The fourth-order valence-electron chi connectivity index (χ4n) is 0.858. The monoisotopic (exact) mass is 239 g/mol. The Morgan fingerprint density at radius 3 is 2.62 bits per heavy atom. The molecule has 1 atom stereocenters. The number of alkyl halides is 3. The van der Waals surface area contributed by atoms with Crippen LogP contribution < -0.4 is 0 Å². The highest BCUT2D eigenvalue weighted by Gasteiger charge is 2.30. The third kappa shape index (κ3) is 3.69. The van der Waals surface area contributed by atoms with E-state index in [0.29, 0.717) is 0 Å². The van der Waals surface area contributed by atoms with Crippen molar-refractivity contribution in [1.29, 1.82) is 0 Å². The second kappa shape index (κ2) is 4.47. The summed E-state index contributed by atoms with van der Waals surface area (Å²) in [5.41, 5.74) is 0.835. The first-order valence-corrected chi connectivity index (χ1v) is 4.77.